The summed E-state index contributed by atoms with van der Waals surface area (Å²) < 4.78 is 0. The first-order chi connectivity index (χ1) is 11.7. The van der Waals surface area contributed by atoms with Crippen LogP contribution >= 0.6 is 0 Å². The van der Waals surface area contributed by atoms with Gasteiger partial charge in [0.1, 0.15) is 0 Å². The fourth-order valence-electron chi connectivity index (χ4n) is 4.69. The highest BCUT2D eigenvalue weighted by Gasteiger charge is 2.27. The van der Waals surface area contributed by atoms with Crippen LogP contribution in [0.1, 0.15) is 55.9 Å². The lowest BCUT2D eigenvalue weighted by Gasteiger charge is -2.21. The van der Waals surface area contributed by atoms with E-state index in [-0.39, 0.29) is 0 Å². The van der Waals surface area contributed by atoms with E-state index in [0.29, 0.717) is 5.92 Å². The van der Waals surface area contributed by atoms with Crippen LogP contribution in [-0.2, 0) is 12.8 Å². The number of benzene rings is 2. The summed E-state index contributed by atoms with van der Waals surface area (Å²) in [5, 5.41) is 0. The molecule has 0 saturated carbocycles. The van der Waals surface area contributed by atoms with Gasteiger partial charge in [-0.05, 0) is 78.8 Å². The summed E-state index contributed by atoms with van der Waals surface area (Å²) in [5.41, 5.74) is 12.4. The van der Waals surface area contributed by atoms with Gasteiger partial charge in [-0.3, -0.25) is 0 Å². The van der Waals surface area contributed by atoms with E-state index >= 15 is 0 Å². The molecule has 1 unspecified atom stereocenters. The number of rotatable bonds is 4. The predicted octanol–water partition coefficient (Wildman–Crippen LogP) is 6.46. The van der Waals surface area contributed by atoms with Gasteiger partial charge in [-0.2, -0.15) is 0 Å². The maximum Gasteiger partial charge on any atom is -0.00577 e. The number of fused-ring (bicyclic) bond motifs is 2. The van der Waals surface area contributed by atoms with E-state index in [1.165, 1.54) is 35.1 Å². The summed E-state index contributed by atoms with van der Waals surface area (Å²) >= 11 is 0. The van der Waals surface area contributed by atoms with Crippen LogP contribution in [0.25, 0.3) is 11.1 Å². The van der Waals surface area contributed by atoms with Crippen molar-refractivity contribution in [1.82, 2.24) is 0 Å². The molecule has 1 atom stereocenters. The highest BCUT2D eigenvalue weighted by atomic mass is 14.3. The molecule has 24 heavy (non-hydrogen) atoms. The van der Waals surface area contributed by atoms with Crippen LogP contribution in [0.15, 0.2) is 59.7 Å². The van der Waals surface area contributed by atoms with Crippen LogP contribution in [0.4, 0.5) is 0 Å². The summed E-state index contributed by atoms with van der Waals surface area (Å²) in [7, 11) is 0. The first-order valence-electron chi connectivity index (χ1n) is 9.23. The van der Waals surface area contributed by atoms with Crippen molar-refractivity contribution in [2.45, 2.75) is 46.5 Å². The minimum absolute atomic E-state index is 0.629. The Hall–Kier alpha value is -2.08. The second kappa shape index (κ2) is 6.09. The minimum Gasteiger partial charge on any atom is -0.0651 e. The molecule has 0 aliphatic heterocycles. The van der Waals surface area contributed by atoms with Gasteiger partial charge in [0.15, 0.2) is 0 Å². The van der Waals surface area contributed by atoms with Crippen molar-refractivity contribution in [3.63, 3.8) is 0 Å². The molecule has 2 aromatic carbocycles. The Morgan fingerprint density at radius 3 is 2.08 bits per heavy atom. The molecule has 0 nitrogen and oxygen atoms in total. The van der Waals surface area contributed by atoms with Crippen molar-refractivity contribution in [2.24, 2.45) is 5.92 Å². The molecule has 0 bridgehead atoms. The third kappa shape index (κ3) is 2.45. The van der Waals surface area contributed by atoms with Gasteiger partial charge in [-0.15, -0.1) is 0 Å². The first kappa shape index (κ1) is 15.4. The van der Waals surface area contributed by atoms with Crippen molar-refractivity contribution in [1.29, 1.82) is 0 Å². The van der Waals surface area contributed by atoms with Crippen LogP contribution in [-0.4, -0.2) is 0 Å². The Balaban J connectivity index is 1.69. The van der Waals surface area contributed by atoms with E-state index < -0.39 is 0 Å². The molecule has 0 saturated heterocycles. The highest BCUT2D eigenvalue weighted by Crippen LogP contribution is 2.45. The Bertz CT molecular complexity index is 848. The maximum absolute atomic E-state index is 2.35. The number of allylic oxidation sites excluding steroid dienone is 4. The van der Waals surface area contributed by atoms with E-state index in [2.05, 4.69) is 69.3 Å². The Morgan fingerprint density at radius 2 is 1.38 bits per heavy atom. The lowest BCUT2D eigenvalue weighted by molar-refractivity contribution is 0.662. The quantitative estimate of drug-likeness (QED) is 0.607. The molecule has 0 amide bonds. The molecule has 2 aliphatic carbocycles. The van der Waals surface area contributed by atoms with E-state index in [1.807, 2.05) is 0 Å². The predicted molar refractivity (Wildman–Crippen MR) is 104 cm³/mol. The summed E-state index contributed by atoms with van der Waals surface area (Å²) in [4.78, 5) is 0. The fourth-order valence-corrected chi connectivity index (χ4v) is 4.69. The van der Waals surface area contributed by atoms with E-state index in [4.69, 9.17) is 0 Å². The van der Waals surface area contributed by atoms with Crippen LogP contribution in [0.5, 0.6) is 0 Å². The van der Waals surface area contributed by atoms with Crippen LogP contribution in [0.2, 0.25) is 0 Å². The molecule has 4 rings (SSSR count). The summed E-state index contributed by atoms with van der Waals surface area (Å²) in [6.45, 7) is 7.01. The largest absolute Gasteiger partial charge is 0.0651 e. The van der Waals surface area contributed by atoms with Crippen molar-refractivity contribution in [2.75, 3.05) is 0 Å². The summed E-state index contributed by atoms with van der Waals surface area (Å²) in [6, 6.07) is 18.0. The van der Waals surface area contributed by atoms with Gasteiger partial charge in [0.25, 0.3) is 0 Å². The molecular formula is C24H26. The highest BCUT2D eigenvalue weighted by molar-refractivity contribution is 5.81. The van der Waals surface area contributed by atoms with E-state index in [9.17, 15) is 0 Å². The third-order valence-electron chi connectivity index (χ3n) is 5.89. The number of hydrogen-bond acceptors (Lipinski definition) is 0. The fraction of sp³-hybridized carbons (Fsp3) is 0.333. The first-order valence-corrected chi connectivity index (χ1v) is 9.23. The lowest BCUT2D eigenvalue weighted by atomic mass is 9.83. The van der Waals surface area contributed by atoms with Crippen molar-refractivity contribution in [3.8, 4) is 0 Å². The standard InChI is InChI=1S/C24H26/c1-4-18(24-17(3)14-20-10-6-8-12-22(20)24)15-23-16(2)13-19-9-5-7-11-21(19)23/h5-12,18H,4,13-15H2,1-3H3. The van der Waals surface area contributed by atoms with Crippen LogP contribution in [0.3, 0.4) is 0 Å². The zero-order chi connectivity index (χ0) is 16.7. The summed E-state index contributed by atoms with van der Waals surface area (Å²) in [6.07, 6.45) is 4.66. The normalized spacial score (nSPS) is 17.3. The van der Waals surface area contributed by atoms with Crippen molar-refractivity contribution >= 4 is 11.1 Å². The molecule has 0 N–H and O–H groups in total. The van der Waals surface area contributed by atoms with Gasteiger partial charge in [-0.25, -0.2) is 0 Å². The van der Waals surface area contributed by atoms with Gasteiger partial charge >= 0.3 is 0 Å². The third-order valence-corrected chi connectivity index (χ3v) is 5.89. The molecule has 122 valence electrons. The van der Waals surface area contributed by atoms with Gasteiger partial charge in [0.2, 0.25) is 0 Å². The van der Waals surface area contributed by atoms with Crippen LogP contribution < -0.4 is 0 Å². The lowest BCUT2D eigenvalue weighted by Crippen LogP contribution is -2.04. The second-order valence-electron chi connectivity index (χ2n) is 7.43. The van der Waals surface area contributed by atoms with Gasteiger partial charge in [0.05, 0.1) is 0 Å². The molecule has 0 aromatic heterocycles. The Kier molecular flexibility index (Phi) is 3.92. The SMILES string of the molecule is CCC(CC1=C(C)Cc2ccccc21)C1=C(C)Cc2ccccc21. The zero-order valence-corrected chi connectivity index (χ0v) is 15.0. The molecule has 0 heterocycles. The van der Waals surface area contributed by atoms with Crippen LogP contribution in [0, 0.1) is 5.92 Å². The smallest absolute Gasteiger partial charge is 0.00577 e. The molecule has 0 spiro atoms. The Morgan fingerprint density at radius 1 is 0.792 bits per heavy atom. The molecule has 0 fully saturated rings. The maximum atomic E-state index is 2.35. The molecule has 2 aliphatic rings. The average Bonchev–Trinajstić information content (AvgIpc) is 3.09. The topological polar surface area (TPSA) is 0 Å². The molecule has 0 heteroatoms. The summed E-state index contributed by atoms with van der Waals surface area (Å²) in [5.74, 6) is 0.629. The average molecular weight is 314 g/mol. The minimum atomic E-state index is 0.629. The zero-order valence-electron chi connectivity index (χ0n) is 15.0. The molecule has 0 radical (unpaired) electrons. The van der Waals surface area contributed by atoms with Gasteiger partial charge in [-0.1, -0.05) is 66.6 Å². The van der Waals surface area contributed by atoms with Gasteiger partial charge < -0.3 is 0 Å². The van der Waals surface area contributed by atoms with Gasteiger partial charge in [0, 0.05) is 0 Å². The van der Waals surface area contributed by atoms with Crippen molar-refractivity contribution in [3.05, 3.63) is 81.9 Å². The van der Waals surface area contributed by atoms with Crippen molar-refractivity contribution < 1.29 is 0 Å². The second-order valence-corrected chi connectivity index (χ2v) is 7.43. The van der Waals surface area contributed by atoms with E-state index in [0.717, 1.165) is 12.8 Å². The number of hydrogen-bond donors (Lipinski definition) is 0. The monoisotopic (exact) mass is 314 g/mol. The Labute approximate surface area is 145 Å². The molecular weight excluding hydrogens is 288 g/mol. The molecule has 2 aromatic rings. The van der Waals surface area contributed by atoms with E-state index in [1.54, 1.807) is 22.3 Å².